The van der Waals surface area contributed by atoms with Gasteiger partial charge in [-0.1, -0.05) is 26.7 Å². The van der Waals surface area contributed by atoms with E-state index in [9.17, 15) is 0 Å². The van der Waals surface area contributed by atoms with Crippen LogP contribution in [0.5, 0.6) is 0 Å². The van der Waals surface area contributed by atoms with Gasteiger partial charge in [0.1, 0.15) is 0 Å². The van der Waals surface area contributed by atoms with Gasteiger partial charge < -0.3 is 0 Å². The molecule has 0 radical (unpaired) electrons. The van der Waals surface area contributed by atoms with Crippen LogP contribution in [0.15, 0.2) is 10.2 Å². The molecule has 0 heterocycles. The van der Waals surface area contributed by atoms with Gasteiger partial charge >= 0.3 is 0 Å². The van der Waals surface area contributed by atoms with Gasteiger partial charge in [0.15, 0.2) is 0 Å². The Kier molecular flexibility index (Phi) is 6.63. The van der Waals surface area contributed by atoms with E-state index in [2.05, 4.69) is 24.1 Å². The second-order valence-electron chi connectivity index (χ2n) is 3.17. The molecule has 0 unspecified atom stereocenters. The molecule has 0 fully saturated rings. The van der Waals surface area contributed by atoms with Crippen LogP contribution in [0.25, 0.3) is 0 Å². The summed E-state index contributed by atoms with van der Waals surface area (Å²) in [7, 11) is 0. The molecule has 0 spiro atoms. The molecule has 0 atom stereocenters. The van der Waals surface area contributed by atoms with Crippen LogP contribution in [-0.4, -0.2) is 11.4 Å². The molecule has 0 aromatic carbocycles. The molecule has 0 saturated heterocycles. The predicted molar refractivity (Wildman–Crippen MR) is 56.0 cm³/mol. The average molecular weight is 168 g/mol. The van der Waals surface area contributed by atoms with E-state index in [4.69, 9.17) is 0 Å². The van der Waals surface area contributed by atoms with Crippen LogP contribution < -0.4 is 0 Å². The molecular weight excluding hydrogens is 148 g/mol. The molecule has 2 nitrogen and oxygen atoms in total. The minimum atomic E-state index is 1.06. The maximum absolute atomic E-state index is 4.14. The summed E-state index contributed by atoms with van der Waals surface area (Å²) in [5.74, 6) is 0. The van der Waals surface area contributed by atoms with E-state index in [1.54, 1.807) is 0 Å². The Hall–Kier alpha value is -0.660. The highest BCUT2D eigenvalue weighted by Crippen LogP contribution is 1.95. The summed E-state index contributed by atoms with van der Waals surface area (Å²) in [6.07, 6.45) is 4.42. The van der Waals surface area contributed by atoms with Crippen molar-refractivity contribution in [3.05, 3.63) is 0 Å². The molecule has 0 aliphatic carbocycles. The van der Waals surface area contributed by atoms with E-state index in [0.717, 1.165) is 37.1 Å². The van der Waals surface area contributed by atoms with Crippen molar-refractivity contribution in [2.45, 2.75) is 53.4 Å². The monoisotopic (exact) mass is 168 g/mol. The predicted octanol–water partition coefficient (Wildman–Crippen LogP) is 3.42. The Balaban J connectivity index is 3.89. The minimum Gasteiger partial charge on any atom is -0.161 e. The SMILES string of the molecule is CCCC(C)=NN=C(C)CCC. The highest BCUT2D eigenvalue weighted by atomic mass is 15.2. The lowest BCUT2D eigenvalue weighted by Crippen LogP contribution is -1.92. The third kappa shape index (κ3) is 6.08. The van der Waals surface area contributed by atoms with Gasteiger partial charge in [0, 0.05) is 11.4 Å². The van der Waals surface area contributed by atoms with Gasteiger partial charge in [0.2, 0.25) is 0 Å². The van der Waals surface area contributed by atoms with Crippen LogP contribution in [0.1, 0.15) is 53.4 Å². The highest BCUT2D eigenvalue weighted by Gasteiger charge is 1.89. The lowest BCUT2D eigenvalue weighted by atomic mass is 10.2. The van der Waals surface area contributed by atoms with Crippen molar-refractivity contribution in [1.29, 1.82) is 0 Å². The molecule has 0 saturated carbocycles. The zero-order valence-electron chi connectivity index (χ0n) is 8.72. The first-order valence-electron chi connectivity index (χ1n) is 4.77. The van der Waals surface area contributed by atoms with E-state index in [-0.39, 0.29) is 0 Å². The fourth-order valence-corrected chi connectivity index (χ4v) is 0.994. The van der Waals surface area contributed by atoms with E-state index in [1.807, 2.05) is 13.8 Å². The fourth-order valence-electron chi connectivity index (χ4n) is 0.994. The topological polar surface area (TPSA) is 24.7 Å². The molecule has 0 aromatic rings. The first-order chi connectivity index (χ1) is 5.70. The summed E-state index contributed by atoms with van der Waals surface area (Å²) in [6.45, 7) is 8.38. The van der Waals surface area contributed by atoms with Gasteiger partial charge in [-0.15, -0.1) is 0 Å². The van der Waals surface area contributed by atoms with Gasteiger partial charge in [0.25, 0.3) is 0 Å². The summed E-state index contributed by atoms with van der Waals surface area (Å²) in [6, 6.07) is 0. The Morgan fingerprint density at radius 3 is 1.42 bits per heavy atom. The molecule has 70 valence electrons. The summed E-state index contributed by atoms with van der Waals surface area (Å²) < 4.78 is 0. The van der Waals surface area contributed by atoms with E-state index in [1.165, 1.54) is 0 Å². The molecule has 0 rings (SSSR count). The van der Waals surface area contributed by atoms with Gasteiger partial charge in [-0.05, 0) is 26.7 Å². The summed E-state index contributed by atoms with van der Waals surface area (Å²) in [5, 5.41) is 8.27. The van der Waals surface area contributed by atoms with Crippen molar-refractivity contribution in [2.75, 3.05) is 0 Å². The third-order valence-corrected chi connectivity index (χ3v) is 1.62. The van der Waals surface area contributed by atoms with E-state index >= 15 is 0 Å². The largest absolute Gasteiger partial charge is 0.161 e. The third-order valence-electron chi connectivity index (χ3n) is 1.62. The molecule has 0 aromatic heterocycles. The van der Waals surface area contributed by atoms with Crippen LogP contribution >= 0.6 is 0 Å². The van der Waals surface area contributed by atoms with Gasteiger partial charge in [0.05, 0.1) is 0 Å². The Morgan fingerprint density at radius 2 is 1.17 bits per heavy atom. The molecule has 0 bridgehead atoms. The lowest BCUT2D eigenvalue weighted by molar-refractivity contribution is 0.960. The fraction of sp³-hybridized carbons (Fsp3) is 0.800. The zero-order valence-corrected chi connectivity index (χ0v) is 8.72. The van der Waals surface area contributed by atoms with Crippen molar-refractivity contribution in [3.8, 4) is 0 Å². The van der Waals surface area contributed by atoms with Gasteiger partial charge in [-0.3, -0.25) is 0 Å². The van der Waals surface area contributed by atoms with Crippen LogP contribution in [-0.2, 0) is 0 Å². The van der Waals surface area contributed by atoms with Crippen molar-refractivity contribution in [3.63, 3.8) is 0 Å². The number of nitrogens with zero attached hydrogens (tertiary/aromatic N) is 2. The minimum absolute atomic E-state index is 1.06. The van der Waals surface area contributed by atoms with Crippen LogP contribution in [0, 0.1) is 0 Å². The summed E-state index contributed by atoms with van der Waals surface area (Å²) in [4.78, 5) is 0. The van der Waals surface area contributed by atoms with Crippen molar-refractivity contribution in [1.82, 2.24) is 0 Å². The lowest BCUT2D eigenvalue weighted by Gasteiger charge is -1.95. The second kappa shape index (κ2) is 7.01. The highest BCUT2D eigenvalue weighted by molar-refractivity contribution is 5.85. The molecule has 0 N–H and O–H groups in total. The smallest absolute Gasteiger partial charge is 0.0374 e. The first kappa shape index (κ1) is 11.3. The van der Waals surface area contributed by atoms with E-state index in [0.29, 0.717) is 0 Å². The van der Waals surface area contributed by atoms with Gasteiger partial charge in [-0.2, -0.15) is 10.2 Å². The molecule has 12 heavy (non-hydrogen) atoms. The van der Waals surface area contributed by atoms with Crippen LogP contribution in [0.2, 0.25) is 0 Å². The Labute approximate surface area is 75.8 Å². The number of hydrogen-bond acceptors (Lipinski definition) is 2. The van der Waals surface area contributed by atoms with Crippen molar-refractivity contribution < 1.29 is 0 Å². The normalized spacial score (nSPS) is 13.7. The Morgan fingerprint density at radius 1 is 0.833 bits per heavy atom. The zero-order chi connectivity index (χ0) is 9.40. The standard InChI is InChI=1S/C10H20N2/c1-5-7-9(3)11-12-10(4)8-6-2/h5-8H2,1-4H3. The maximum atomic E-state index is 4.14. The van der Waals surface area contributed by atoms with Crippen molar-refractivity contribution in [2.24, 2.45) is 10.2 Å². The number of rotatable bonds is 5. The molecule has 0 aliphatic rings. The summed E-state index contributed by atoms with van der Waals surface area (Å²) in [5.41, 5.74) is 2.26. The first-order valence-corrected chi connectivity index (χ1v) is 4.77. The molecular formula is C10H20N2. The van der Waals surface area contributed by atoms with Crippen molar-refractivity contribution >= 4 is 11.4 Å². The second-order valence-corrected chi connectivity index (χ2v) is 3.17. The van der Waals surface area contributed by atoms with E-state index < -0.39 is 0 Å². The van der Waals surface area contributed by atoms with Crippen LogP contribution in [0.4, 0.5) is 0 Å². The molecule has 0 amide bonds. The van der Waals surface area contributed by atoms with Gasteiger partial charge in [-0.25, -0.2) is 0 Å². The number of hydrogen-bond donors (Lipinski definition) is 0. The quantitative estimate of drug-likeness (QED) is 0.444. The van der Waals surface area contributed by atoms with Crippen LogP contribution in [0.3, 0.4) is 0 Å². The Bertz CT molecular complexity index is 149. The maximum Gasteiger partial charge on any atom is 0.0374 e. The summed E-state index contributed by atoms with van der Waals surface area (Å²) >= 11 is 0. The average Bonchev–Trinajstić information content (AvgIpc) is 2.02. The molecule has 0 aliphatic heterocycles. The molecule has 2 heteroatoms.